The summed E-state index contributed by atoms with van der Waals surface area (Å²) in [5.74, 6) is 0.397. The highest BCUT2D eigenvalue weighted by Crippen LogP contribution is 2.40. The number of carbonyl (C=O) groups is 1. The molecule has 3 fully saturated rings. The fraction of sp³-hybridized carbons (Fsp3) is 0.588. The van der Waals surface area contributed by atoms with Gasteiger partial charge in [0.1, 0.15) is 0 Å². The van der Waals surface area contributed by atoms with Gasteiger partial charge in [0.15, 0.2) is 0 Å². The van der Waals surface area contributed by atoms with E-state index in [0.29, 0.717) is 29.0 Å². The van der Waals surface area contributed by atoms with E-state index in [9.17, 15) is 4.79 Å². The van der Waals surface area contributed by atoms with Gasteiger partial charge in [0.25, 0.3) is 11.6 Å². The summed E-state index contributed by atoms with van der Waals surface area (Å²) < 4.78 is 11.1. The minimum absolute atomic E-state index is 0.0632. The van der Waals surface area contributed by atoms with Crippen LogP contribution in [0.1, 0.15) is 59.8 Å². The minimum atomic E-state index is -0.0632. The van der Waals surface area contributed by atoms with E-state index in [1.54, 1.807) is 0 Å². The van der Waals surface area contributed by atoms with Gasteiger partial charge in [-0.15, -0.1) is 0 Å². The number of aromatic nitrogens is 2. The van der Waals surface area contributed by atoms with E-state index in [1.165, 1.54) is 0 Å². The van der Waals surface area contributed by atoms with Gasteiger partial charge in [0, 0.05) is 11.6 Å². The van der Waals surface area contributed by atoms with E-state index < -0.39 is 0 Å². The van der Waals surface area contributed by atoms with Crippen molar-refractivity contribution in [3.63, 3.8) is 0 Å². The van der Waals surface area contributed by atoms with E-state index in [-0.39, 0.29) is 18.1 Å². The zero-order valence-corrected chi connectivity index (χ0v) is 13.0. The molecule has 2 saturated heterocycles. The van der Waals surface area contributed by atoms with E-state index in [2.05, 4.69) is 15.5 Å². The van der Waals surface area contributed by atoms with Crippen LogP contribution >= 0.6 is 0 Å². The second-order valence-corrected chi connectivity index (χ2v) is 7.01. The summed E-state index contributed by atoms with van der Waals surface area (Å²) in [5.41, 5.74) is 2.77. The summed E-state index contributed by atoms with van der Waals surface area (Å²) in [6.45, 7) is 1.85. The molecule has 0 spiro atoms. The van der Waals surface area contributed by atoms with Crippen LogP contribution in [-0.2, 0) is 4.74 Å². The lowest BCUT2D eigenvalue weighted by Crippen LogP contribution is -2.41. The third-order valence-electron chi connectivity index (χ3n) is 5.30. The van der Waals surface area contributed by atoms with Crippen molar-refractivity contribution in [2.75, 3.05) is 0 Å². The molecule has 0 radical (unpaired) electrons. The van der Waals surface area contributed by atoms with E-state index in [0.717, 1.165) is 43.2 Å². The number of fused-ring (bicyclic) bond motifs is 3. The monoisotopic (exact) mass is 313 g/mol. The molecule has 2 aromatic heterocycles. The molecule has 23 heavy (non-hydrogen) atoms. The molecule has 120 valence electrons. The highest BCUT2D eigenvalue weighted by molar-refractivity contribution is 6.06. The van der Waals surface area contributed by atoms with Gasteiger partial charge >= 0.3 is 0 Å². The number of ether oxygens (including phenoxy) is 1. The Kier molecular flexibility index (Phi) is 2.80. The standard InChI is InChI=1S/C17H19N3O3/c1-8-15-11(7-12(9-2-3-9)19-17(15)23-20-8)16(21)18-13-6-10-4-5-14(13)22-10/h7,9-10,13-14H,2-6H2,1H3,(H,18,21). The predicted octanol–water partition coefficient (Wildman–Crippen LogP) is 2.46. The van der Waals surface area contributed by atoms with Crippen LogP contribution in [0.2, 0.25) is 0 Å². The SMILES string of the molecule is Cc1noc2nc(C3CC3)cc(C(=O)NC3CC4CCC3O4)c12. The number of rotatable bonds is 3. The number of carbonyl (C=O) groups excluding carboxylic acids is 1. The van der Waals surface area contributed by atoms with Crippen LogP contribution in [0.5, 0.6) is 0 Å². The molecule has 2 aromatic rings. The smallest absolute Gasteiger partial charge is 0.259 e. The first-order chi connectivity index (χ1) is 11.2. The van der Waals surface area contributed by atoms with Crippen LogP contribution in [0.15, 0.2) is 10.6 Å². The Morgan fingerprint density at radius 1 is 1.30 bits per heavy atom. The first-order valence-electron chi connectivity index (χ1n) is 8.42. The third kappa shape index (κ3) is 2.16. The maximum atomic E-state index is 12.9. The normalized spacial score (nSPS) is 29.3. The van der Waals surface area contributed by atoms with E-state index in [4.69, 9.17) is 9.26 Å². The Bertz CT molecular complexity index is 796. The van der Waals surface area contributed by atoms with Crippen LogP contribution in [0.4, 0.5) is 0 Å². The van der Waals surface area contributed by atoms with Crippen molar-refractivity contribution in [2.24, 2.45) is 0 Å². The Balaban J connectivity index is 1.50. The molecular weight excluding hydrogens is 294 g/mol. The molecule has 1 amide bonds. The molecule has 1 saturated carbocycles. The van der Waals surface area contributed by atoms with Gasteiger partial charge in [-0.25, -0.2) is 4.98 Å². The zero-order chi connectivity index (χ0) is 15.6. The molecule has 5 rings (SSSR count). The highest BCUT2D eigenvalue weighted by atomic mass is 16.5. The molecule has 6 nitrogen and oxygen atoms in total. The van der Waals surface area contributed by atoms with Gasteiger partial charge in [0.05, 0.1) is 34.9 Å². The van der Waals surface area contributed by atoms with Crippen molar-refractivity contribution >= 4 is 17.0 Å². The maximum absolute atomic E-state index is 12.9. The average Bonchev–Trinajstić information content (AvgIpc) is 3.04. The Labute approximate surface area is 133 Å². The fourth-order valence-electron chi connectivity index (χ4n) is 3.92. The summed E-state index contributed by atoms with van der Waals surface area (Å²) in [4.78, 5) is 17.4. The van der Waals surface area contributed by atoms with Crippen LogP contribution in [0, 0.1) is 6.92 Å². The molecule has 0 aromatic carbocycles. The predicted molar refractivity (Wildman–Crippen MR) is 82.3 cm³/mol. The molecule has 1 aliphatic carbocycles. The maximum Gasteiger partial charge on any atom is 0.259 e. The third-order valence-corrected chi connectivity index (χ3v) is 5.30. The van der Waals surface area contributed by atoms with Crippen LogP contribution in [0.3, 0.4) is 0 Å². The molecular formula is C17H19N3O3. The second-order valence-electron chi connectivity index (χ2n) is 7.01. The van der Waals surface area contributed by atoms with Gasteiger partial charge in [-0.2, -0.15) is 0 Å². The van der Waals surface area contributed by atoms with Gasteiger partial charge in [-0.3, -0.25) is 4.79 Å². The highest BCUT2D eigenvalue weighted by Gasteiger charge is 2.41. The number of aryl methyl sites for hydroxylation is 1. The lowest BCUT2D eigenvalue weighted by atomic mass is 9.95. The van der Waals surface area contributed by atoms with Crippen LogP contribution in [0.25, 0.3) is 11.1 Å². The molecule has 4 heterocycles. The Hall–Kier alpha value is -1.95. The lowest BCUT2D eigenvalue weighted by molar-refractivity contribution is 0.0842. The molecule has 3 atom stereocenters. The summed E-state index contributed by atoms with van der Waals surface area (Å²) in [6, 6.07) is 2.04. The van der Waals surface area contributed by atoms with Crippen molar-refractivity contribution in [3.8, 4) is 0 Å². The van der Waals surface area contributed by atoms with Crippen molar-refractivity contribution < 1.29 is 14.1 Å². The summed E-state index contributed by atoms with van der Waals surface area (Å²) in [7, 11) is 0. The fourth-order valence-corrected chi connectivity index (χ4v) is 3.92. The van der Waals surface area contributed by atoms with Crippen molar-refractivity contribution in [1.29, 1.82) is 0 Å². The molecule has 3 unspecified atom stereocenters. The first kappa shape index (κ1) is 13.5. The Morgan fingerprint density at radius 2 is 2.17 bits per heavy atom. The summed E-state index contributed by atoms with van der Waals surface area (Å²) in [6.07, 6.45) is 5.84. The lowest BCUT2D eigenvalue weighted by Gasteiger charge is -2.20. The molecule has 6 heteroatoms. The largest absolute Gasteiger partial charge is 0.373 e. The quantitative estimate of drug-likeness (QED) is 0.942. The van der Waals surface area contributed by atoms with Gasteiger partial charge in [0.2, 0.25) is 0 Å². The number of hydrogen-bond donors (Lipinski definition) is 1. The number of hydrogen-bond acceptors (Lipinski definition) is 5. The van der Waals surface area contributed by atoms with Crippen molar-refractivity contribution in [3.05, 3.63) is 23.0 Å². The van der Waals surface area contributed by atoms with Gasteiger partial charge in [-0.05, 0) is 45.1 Å². The molecule has 2 aliphatic heterocycles. The summed E-state index contributed by atoms with van der Waals surface area (Å²) in [5, 5.41) is 7.88. The van der Waals surface area contributed by atoms with Crippen molar-refractivity contribution in [1.82, 2.24) is 15.5 Å². The number of nitrogens with zero attached hydrogens (tertiary/aromatic N) is 2. The summed E-state index contributed by atoms with van der Waals surface area (Å²) >= 11 is 0. The van der Waals surface area contributed by atoms with E-state index >= 15 is 0 Å². The molecule has 3 aliphatic rings. The molecule has 2 bridgehead atoms. The second kappa shape index (κ2) is 4.77. The van der Waals surface area contributed by atoms with Gasteiger partial charge < -0.3 is 14.6 Å². The zero-order valence-electron chi connectivity index (χ0n) is 13.0. The van der Waals surface area contributed by atoms with E-state index in [1.807, 2.05) is 13.0 Å². The topological polar surface area (TPSA) is 77.2 Å². The number of nitrogens with one attached hydrogen (secondary N) is 1. The Morgan fingerprint density at radius 3 is 2.87 bits per heavy atom. The molecule has 1 N–H and O–H groups in total. The van der Waals surface area contributed by atoms with Crippen molar-refractivity contribution in [2.45, 2.75) is 63.2 Å². The minimum Gasteiger partial charge on any atom is -0.373 e. The first-order valence-corrected chi connectivity index (χ1v) is 8.42. The number of amides is 1. The van der Waals surface area contributed by atoms with Crippen LogP contribution < -0.4 is 5.32 Å². The van der Waals surface area contributed by atoms with Crippen LogP contribution in [-0.4, -0.2) is 34.3 Å². The van der Waals surface area contributed by atoms with Gasteiger partial charge in [-0.1, -0.05) is 5.16 Å². The average molecular weight is 313 g/mol. The number of pyridine rings is 1.